The van der Waals surface area contributed by atoms with Crippen molar-refractivity contribution in [1.82, 2.24) is 20.4 Å². The van der Waals surface area contributed by atoms with Gasteiger partial charge < -0.3 is 14.6 Å². The number of likely N-dealkylation sites (N-methyl/N-ethyl adjacent to an activating group) is 1. The van der Waals surface area contributed by atoms with Crippen LogP contribution < -0.4 is 5.32 Å². The quantitative estimate of drug-likeness (QED) is 0.440. The molecule has 7 heteroatoms. The van der Waals surface area contributed by atoms with Gasteiger partial charge in [0.15, 0.2) is 0 Å². The maximum Gasteiger partial charge on any atom is 0.251 e. The van der Waals surface area contributed by atoms with Crippen molar-refractivity contribution >= 4 is 5.91 Å². The first kappa shape index (κ1) is 22.4. The van der Waals surface area contributed by atoms with Crippen LogP contribution in [0.5, 0.6) is 0 Å². The number of aromatic nitrogens is 2. The molecule has 0 aliphatic carbocycles. The molecule has 0 aliphatic heterocycles. The Morgan fingerprint density at radius 2 is 1.58 bits per heavy atom. The number of nitrogens with one attached hydrogen (secondary N) is 1. The molecule has 0 fully saturated rings. The normalized spacial score (nSPS) is 12.0. The highest BCUT2D eigenvalue weighted by atomic mass is 19.1. The van der Waals surface area contributed by atoms with Crippen LogP contribution in [0.4, 0.5) is 4.39 Å². The lowest BCUT2D eigenvalue weighted by Crippen LogP contribution is -2.34. The van der Waals surface area contributed by atoms with Crippen molar-refractivity contribution in [3.8, 4) is 22.9 Å². The second kappa shape index (κ2) is 9.75. The van der Waals surface area contributed by atoms with Crippen LogP contribution in [-0.4, -0.2) is 41.6 Å². The van der Waals surface area contributed by atoms with Crippen molar-refractivity contribution in [3.63, 3.8) is 0 Å². The van der Waals surface area contributed by atoms with Gasteiger partial charge in [-0.2, -0.15) is 0 Å². The van der Waals surface area contributed by atoms with Crippen LogP contribution in [0.2, 0.25) is 0 Å². The lowest BCUT2D eigenvalue weighted by atomic mass is 10.1. The topological polar surface area (TPSA) is 71.3 Å². The summed E-state index contributed by atoms with van der Waals surface area (Å²) in [6.07, 6.45) is 0. The molecule has 0 radical (unpaired) electrons. The SMILES string of the molecule is Cc1ccc(-c2nnc(-c3ccc(C(=O)NCC(c4cccc(F)c4)N(C)C)cc3)o2)cc1. The molecule has 1 N–H and O–H groups in total. The summed E-state index contributed by atoms with van der Waals surface area (Å²) in [7, 11) is 3.79. The zero-order valence-electron chi connectivity index (χ0n) is 18.7. The van der Waals surface area contributed by atoms with E-state index >= 15 is 0 Å². The average Bonchev–Trinajstić information content (AvgIpc) is 3.30. The minimum atomic E-state index is -0.298. The molecule has 1 atom stereocenters. The van der Waals surface area contributed by atoms with Crippen LogP contribution in [-0.2, 0) is 0 Å². The summed E-state index contributed by atoms with van der Waals surface area (Å²) in [6.45, 7) is 2.36. The lowest BCUT2D eigenvalue weighted by Gasteiger charge is -2.25. The van der Waals surface area contributed by atoms with Gasteiger partial charge in [-0.1, -0.05) is 29.8 Å². The van der Waals surface area contributed by atoms with Gasteiger partial charge in [0.2, 0.25) is 11.8 Å². The summed E-state index contributed by atoms with van der Waals surface area (Å²) in [5.41, 5.74) is 4.04. The first-order valence-corrected chi connectivity index (χ1v) is 10.6. The monoisotopic (exact) mass is 444 g/mol. The van der Waals surface area contributed by atoms with Crippen LogP contribution >= 0.6 is 0 Å². The molecular weight excluding hydrogens is 419 g/mol. The van der Waals surface area contributed by atoms with Gasteiger partial charge >= 0.3 is 0 Å². The van der Waals surface area contributed by atoms with Crippen molar-refractivity contribution in [2.45, 2.75) is 13.0 Å². The van der Waals surface area contributed by atoms with E-state index in [1.165, 1.54) is 12.1 Å². The Hall–Kier alpha value is -3.84. The number of hydrogen-bond donors (Lipinski definition) is 1. The molecule has 1 aromatic heterocycles. The number of nitrogens with zero attached hydrogens (tertiary/aromatic N) is 3. The van der Waals surface area contributed by atoms with Crippen molar-refractivity contribution in [3.05, 3.63) is 95.3 Å². The average molecular weight is 445 g/mol. The van der Waals surface area contributed by atoms with Crippen molar-refractivity contribution in [2.75, 3.05) is 20.6 Å². The van der Waals surface area contributed by atoms with E-state index in [4.69, 9.17) is 4.42 Å². The third kappa shape index (κ3) is 5.32. The number of carbonyl (C=O) groups is 1. The zero-order valence-corrected chi connectivity index (χ0v) is 18.7. The highest BCUT2D eigenvalue weighted by Crippen LogP contribution is 2.24. The smallest absolute Gasteiger partial charge is 0.251 e. The molecular formula is C26H25FN4O2. The Morgan fingerprint density at radius 1 is 0.970 bits per heavy atom. The number of hydrogen-bond acceptors (Lipinski definition) is 5. The molecule has 0 spiro atoms. The summed E-state index contributed by atoms with van der Waals surface area (Å²) >= 11 is 0. The molecule has 1 unspecified atom stereocenters. The second-order valence-corrected chi connectivity index (χ2v) is 8.10. The van der Waals surface area contributed by atoms with E-state index in [-0.39, 0.29) is 17.8 Å². The minimum Gasteiger partial charge on any atom is -0.416 e. The lowest BCUT2D eigenvalue weighted by molar-refractivity contribution is 0.0942. The van der Waals surface area contributed by atoms with E-state index in [2.05, 4.69) is 15.5 Å². The van der Waals surface area contributed by atoms with Gasteiger partial charge in [-0.05, 0) is 75.1 Å². The fraction of sp³-hybridized carbons (Fsp3) is 0.192. The van der Waals surface area contributed by atoms with Crippen LogP contribution in [0.1, 0.15) is 27.5 Å². The number of rotatable bonds is 7. The van der Waals surface area contributed by atoms with Gasteiger partial charge in [0.1, 0.15) is 5.82 Å². The highest BCUT2D eigenvalue weighted by Gasteiger charge is 2.17. The highest BCUT2D eigenvalue weighted by molar-refractivity contribution is 5.94. The van der Waals surface area contributed by atoms with Crippen molar-refractivity contribution in [1.29, 1.82) is 0 Å². The Bertz CT molecular complexity index is 1230. The molecule has 33 heavy (non-hydrogen) atoms. The van der Waals surface area contributed by atoms with E-state index in [0.29, 0.717) is 23.9 Å². The fourth-order valence-electron chi connectivity index (χ4n) is 3.52. The largest absolute Gasteiger partial charge is 0.416 e. The fourth-order valence-corrected chi connectivity index (χ4v) is 3.52. The predicted octanol–water partition coefficient (Wildman–Crippen LogP) is 4.88. The van der Waals surface area contributed by atoms with Gasteiger partial charge in [-0.25, -0.2) is 4.39 Å². The maximum absolute atomic E-state index is 13.6. The van der Waals surface area contributed by atoms with Crippen molar-refractivity contribution in [2.24, 2.45) is 0 Å². The van der Waals surface area contributed by atoms with E-state index in [0.717, 1.165) is 22.3 Å². The molecule has 0 aliphatic rings. The summed E-state index contributed by atoms with van der Waals surface area (Å²) in [5, 5.41) is 11.2. The molecule has 0 bridgehead atoms. The van der Waals surface area contributed by atoms with Crippen LogP contribution in [0, 0.1) is 12.7 Å². The van der Waals surface area contributed by atoms with Crippen LogP contribution in [0.3, 0.4) is 0 Å². The number of halogens is 1. The third-order valence-electron chi connectivity index (χ3n) is 5.43. The molecule has 4 aromatic rings. The predicted molar refractivity (Wildman–Crippen MR) is 125 cm³/mol. The summed E-state index contributed by atoms with van der Waals surface area (Å²) < 4.78 is 19.4. The standard InChI is InChI=1S/C26H25FN4O2/c1-17-7-9-19(10-8-17)25-29-30-26(33-25)20-13-11-18(12-14-20)24(32)28-16-23(31(2)3)21-5-4-6-22(27)15-21/h4-15,23H,16H2,1-3H3,(H,28,32). The Morgan fingerprint density at radius 3 is 2.15 bits per heavy atom. The van der Waals surface area contributed by atoms with Crippen LogP contribution in [0.15, 0.2) is 77.2 Å². The molecule has 6 nitrogen and oxygen atoms in total. The van der Waals surface area contributed by atoms with Crippen molar-refractivity contribution < 1.29 is 13.6 Å². The third-order valence-corrected chi connectivity index (χ3v) is 5.43. The van der Waals surface area contributed by atoms with Gasteiger partial charge in [0, 0.05) is 23.2 Å². The van der Waals surface area contributed by atoms with E-state index in [9.17, 15) is 9.18 Å². The molecule has 0 saturated heterocycles. The number of amides is 1. The van der Waals surface area contributed by atoms with E-state index in [1.807, 2.05) is 56.3 Å². The second-order valence-electron chi connectivity index (χ2n) is 8.10. The summed E-state index contributed by atoms with van der Waals surface area (Å²) in [5.74, 6) is 0.318. The summed E-state index contributed by atoms with van der Waals surface area (Å²) in [6, 6.07) is 21.1. The Kier molecular flexibility index (Phi) is 6.60. The molecule has 3 aromatic carbocycles. The molecule has 0 saturated carbocycles. The maximum atomic E-state index is 13.6. The van der Waals surface area contributed by atoms with Gasteiger partial charge in [-0.15, -0.1) is 10.2 Å². The Labute approximate surface area is 192 Å². The van der Waals surface area contributed by atoms with Gasteiger partial charge in [0.05, 0.1) is 6.04 Å². The number of carbonyl (C=O) groups excluding carboxylic acids is 1. The van der Waals surface area contributed by atoms with Crippen LogP contribution in [0.25, 0.3) is 22.9 Å². The number of aryl methyl sites for hydroxylation is 1. The minimum absolute atomic E-state index is 0.150. The molecule has 1 amide bonds. The molecule has 168 valence electrons. The van der Waals surface area contributed by atoms with E-state index in [1.54, 1.807) is 30.3 Å². The zero-order chi connectivity index (χ0) is 23.4. The summed E-state index contributed by atoms with van der Waals surface area (Å²) in [4.78, 5) is 14.6. The first-order chi connectivity index (χ1) is 15.9. The van der Waals surface area contributed by atoms with E-state index < -0.39 is 0 Å². The molecule has 4 rings (SSSR count). The van der Waals surface area contributed by atoms with Gasteiger partial charge in [-0.3, -0.25) is 4.79 Å². The Balaban J connectivity index is 1.42. The number of benzene rings is 3. The van der Waals surface area contributed by atoms with Gasteiger partial charge in [0.25, 0.3) is 5.91 Å². The first-order valence-electron chi connectivity index (χ1n) is 10.6. The molecule has 1 heterocycles.